The molecule has 3 unspecified atom stereocenters. The molecule has 146 valence electrons. The molecule has 1 aromatic heterocycles. The van der Waals surface area contributed by atoms with Gasteiger partial charge >= 0.3 is 0 Å². The van der Waals surface area contributed by atoms with E-state index in [0.29, 0.717) is 33.9 Å². The number of amides is 2. The highest BCUT2D eigenvalue weighted by Crippen LogP contribution is 2.59. The summed E-state index contributed by atoms with van der Waals surface area (Å²) in [4.78, 5) is 28.8. The van der Waals surface area contributed by atoms with E-state index in [1.165, 1.54) is 0 Å². The van der Waals surface area contributed by atoms with E-state index in [-0.39, 0.29) is 23.9 Å². The average molecular weight is 398 g/mol. The summed E-state index contributed by atoms with van der Waals surface area (Å²) < 4.78 is 0. The van der Waals surface area contributed by atoms with E-state index in [4.69, 9.17) is 11.6 Å². The van der Waals surface area contributed by atoms with Gasteiger partial charge < -0.3 is 10.6 Å². The summed E-state index contributed by atoms with van der Waals surface area (Å²) in [6.07, 6.45) is 6.12. The second-order valence-corrected chi connectivity index (χ2v) is 8.22. The minimum absolute atomic E-state index is 0.0464. The first-order valence-electron chi connectivity index (χ1n) is 9.84. The van der Waals surface area contributed by atoms with Crippen molar-refractivity contribution in [3.8, 4) is 0 Å². The summed E-state index contributed by atoms with van der Waals surface area (Å²) in [7, 11) is 0. The van der Waals surface area contributed by atoms with Crippen molar-refractivity contribution in [1.29, 1.82) is 0 Å². The van der Waals surface area contributed by atoms with Gasteiger partial charge in [0.05, 0.1) is 5.56 Å². The van der Waals surface area contributed by atoms with Crippen molar-refractivity contribution < 1.29 is 9.59 Å². The number of nitrogens with one attached hydrogen (secondary N) is 2. The zero-order chi connectivity index (χ0) is 19.7. The predicted octanol–water partition coefficient (Wildman–Crippen LogP) is 3.70. The second kappa shape index (κ2) is 7.92. The number of nitrogens with zero attached hydrogens (tertiary/aromatic N) is 1. The van der Waals surface area contributed by atoms with E-state index in [1.54, 1.807) is 48.8 Å². The fourth-order valence-corrected chi connectivity index (χ4v) is 4.82. The SMILES string of the molecule is CCC(NC(=O)c1ccc(Cl)cc1)C1[C@H]2CC(NC(=O)c3cccnc3)C[C@@H]12. The number of hydrogen-bond donors (Lipinski definition) is 2. The van der Waals surface area contributed by atoms with Gasteiger partial charge in [0.15, 0.2) is 0 Å². The molecule has 0 aliphatic heterocycles. The van der Waals surface area contributed by atoms with Crippen LogP contribution in [0.1, 0.15) is 46.9 Å². The summed E-state index contributed by atoms with van der Waals surface area (Å²) in [5.41, 5.74) is 1.23. The lowest BCUT2D eigenvalue weighted by atomic mass is 9.99. The summed E-state index contributed by atoms with van der Waals surface area (Å²) >= 11 is 5.90. The van der Waals surface area contributed by atoms with Crippen molar-refractivity contribution in [3.63, 3.8) is 0 Å². The van der Waals surface area contributed by atoms with Gasteiger partial charge in [0.1, 0.15) is 0 Å². The Morgan fingerprint density at radius 2 is 1.82 bits per heavy atom. The topological polar surface area (TPSA) is 71.1 Å². The Balaban J connectivity index is 1.30. The number of aromatic nitrogens is 1. The molecule has 2 amide bonds. The van der Waals surface area contributed by atoms with Crippen LogP contribution in [0, 0.1) is 17.8 Å². The van der Waals surface area contributed by atoms with Crippen LogP contribution < -0.4 is 10.6 Å². The Kier molecular flexibility index (Phi) is 5.36. The highest BCUT2D eigenvalue weighted by molar-refractivity contribution is 6.30. The summed E-state index contributed by atoms with van der Waals surface area (Å²) in [5.74, 6) is 1.56. The number of carbonyl (C=O) groups excluding carboxylic acids is 2. The average Bonchev–Trinajstić information content (AvgIpc) is 3.20. The largest absolute Gasteiger partial charge is 0.349 e. The Bertz CT molecular complexity index is 844. The lowest BCUT2D eigenvalue weighted by Gasteiger charge is -2.22. The van der Waals surface area contributed by atoms with E-state index in [9.17, 15) is 9.59 Å². The van der Waals surface area contributed by atoms with E-state index in [2.05, 4.69) is 22.5 Å². The summed E-state index contributed by atoms with van der Waals surface area (Å²) in [6, 6.07) is 10.9. The maximum absolute atomic E-state index is 12.5. The Hall–Kier alpha value is -2.40. The van der Waals surface area contributed by atoms with Crippen LogP contribution >= 0.6 is 11.6 Å². The zero-order valence-electron chi connectivity index (χ0n) is 15.8. The van der Waals surface area contributed by atoms with Crippen LogP contribution in [-0.4, -0.2) is 28.9 Å². The lowest BCUT2D eigenvalue weighted by Crippen LogP contribution is -2.39. The maximum atomic E-state index is 12.5. The predicted molar refractivity (Wildman–Crippen MR) is 108 cm³/mol. The molecule has 0 spiro atoms. The third-order valence-corrected chi connectivity index (χ3v) is 6.35. The van der Waals surface area contributed by atoms with Crippen molar-refractivity contribution in [2.45, 2.75) is 38.3 Å². The van der Waals surface area contributed by atoms with Gasteiger partial charge in [-0.15, -0.1) is 0 Å². The molecule has 2 N–H and O–H groups in total. The van der Waals surface area contributed by atoms with Gasteiger partial charge in [0.2, 0.25) is 0 Å². The number of pyridine rings is 1. The van der Waals surface area contributed by atoms with Crippen LogP contribution in [0.2, 0.25) is 5.02 Å². The van der Waals surface area contributed by atoms with E-state index in [1.807, 2.05) is 0 Å². The molecule has 2 aliphatic carbocycles. The molecule has 0 bridgehead atoms. The molecule has 4 rings (SSSR count). The first-order valence-corrected chi connectivity index (χ1v) is 10.2. The van der Waals surface area contributed by atoms with Crippen molar-refractivity contribution in [2.75, 3.05) is 0 Å². The lowest BCUT2D eigenvalue weighted by molar-refractivity contribution is 0.0927. The molecule has 2 fully saturated rings. The number of carbonyl (C=O) groups is 2. The third kappa shape index (κ3) is 3.90. The number of fused-ring (bicyclic) bond motifs is 1. The smallest absolute Gasteiger partial charge is 0.253 e. The van der Waals surface area contributed by atoms with Crippen LogP contribution in [-0.2, 0) is 0 Å². The number of hydrogen-bond acceptors (Lipinski definition) is 3. The highest BCUT2D eigenvalue weighted by Gasteiger charge is 2.58. The summed E-state index contributed by atoms with van der Waals surface area (Å²) in [5, 5.41) is 6.95. The van der Waals surface area contributed by atoms with Crippen molar-refractivity contribution in [1.82, 2.24) is 15.6 Å². The van der Waals surface area contributed by atoms with Crippen molar-refractivity contribution >= 4 is 23.4 Å². The van der Waals surface area contributed by atoms with Gasteiger partial charge in [-0.25, -0.2) is 0 Å². The first kappa shape index (κ1) is 18.9. The minimum atomic E-state index is -0.0565. The highest BCUT2D eigenvalue weighted by atomic mass is 35.5. The van der Waals surface area contributed by atoms with Crippen LogP contribution in [0.5, 0.6) is 0 Å². The standard InChI is InChI=1S/C22H24ClN3O2/c1-2-19(26-21(27)13-5-7-15(23)8-6-13)20-17-10-16(11-18(17)20)25-22(28)14-4-3-9-24-12-14/h3-9,12,16-20H,2,10-11H2,1H3,(H,25,28)(H,26,27)/t16?,17-,18+,19?,20?. The Morgan fingerprint density at radius 3 is 2.43 bits per heavy atom. The molecule has 2 aliphatic rings. The van der Waals surface area contributed by atoms with E-state index < -0.39 is 0 Å². The van der Waals surface area contributed by atoms with Gasteiger partial charge in [-0.2, -0.15) is 0 Å². The molecule has 5 nitrogen and oxygen atoms in total. The first-order chi connectivity index (χ1) is 13.6. The van der Waals surface area contributed by atoms with E-state index >= 15 is 0 Å². The number of rotatable bonds is 6. The number of benzene rings is 1. The fraction of sp³-hybridized carbons (Fsp3) is 0.409. The quantitative estimate of drug-likeness (QED) is 0.780. The zero-order valence-corrected chi connectivity index (χ0v) is 16.5. The summed E-state index contributed by atoms with van der Waals surface area (Å²) in [6.45, 7) is 2.11. The maximum Gasteiger partial charge on any atom is 0.253 e. The van der Waals surface area contributed by atoms with Crippen LogP contribution in [0.25, 0.3) is 0 Å². The van der Waals surface area contributed by atoms with Gasteiger partial charge in [0, 0.05) is 35.1 Å². The van der Waals surface area contributed by atoms with Crippen LogP contribution in [0.3, 0.4) is 0 Å². The van der Waals surface area contributed by atoms with Gasteiger partial charge in [-0.3, -0.25) is 14.6 Å². The van der Waals surface area contributed by atoms with Gasteiger partial charge in [0.25, 0.3) is 11.8 Å². The molecular weight excluding hydrogens is 374 g/mol. The molecule has 2 saturated carbocycles. The van der Waals surface area contributed by atoms with Crippen LogP contribution in [0.15, 0.2) is 48.8 Å². The molecular formula is C22H24ClN3O2. The molecule has 2 aromatic rings. The third-order valence-electron chi connectivity index (χ3n) is 6.10. The number of halogens is 1. The van der Waals surface area contributed by atoms with E-state index in [0.717, 1.165) is 19.3 Å². The molecule has 1 aromatic carbocycles. The fourth-order valence-electron chi connectivity index (χ4n) is 4.70. The van der Waals surface area contributed by atoms with Gasteiger partial charge in [-0.1, -0.05) is 18.5 Å². The molecule has 6 heteroatoms. The second-order valence-electron chi connectivity index (χ2n) is 7.78. The van der Waals surface area contributed by atoms with Crippen molar-refractivity contribution in [3.05, 3.63) is 64.9 Å². The molecule has 0 radical (unpaired) electrons. The normalized spacial score (nSPS) is 26.2. The monoisotopic (exact) mass is 397 g/mol. The van der Waals surface area contributed by atoms with Crippen LogP contribution in [0.4, 0.5) is 0 Å². The molecule has 5 atom stereocenters. The molecule has 28 heavy (non-hydrogen) atoms. The molecule has 0 saturated heterocycles. The van der Waals surface area contributed by atoms with Crippen molar-refractivity contribution in [2.24, 2.45) is 17.8 Å². The molecule has 1 heterocycles. The Labute approximate surface area is 169 Å². The van der Waals surface area contributed by atoms with Gasteiger partial charge in [-0.05, 0) is 73.4 Å². The Morgan fingerprint density at radius 1 is 1.11 bits per heavy atom. The minimum Gasteiger partial charge on any atom is -0.349 e.